The van der Waals surface area contributed by atoms with Crippen LogP contribution in [0.3, 0.4) is 0 Å². The van der Waals surface area contributed by atoms with Crippen molar-refractivity contribution in [3.8, 4) is 0 Å². The number of likely N-dealkylation sites (N-methyl/N-ethyl adjacent to an activating group) is 1. The van der Waals surface area contributed by atoms with Crippen molar-refractivity contribution in [3.63, 3.8) is 0 Å². The summed E-state index contributed by atoms with van der Waals surface area (Å²) in [5.41, 5.74) is 3.65. The van der Waals surface area contributed by atoms with Gasteiger partial charge in [0.2, 0.25) is 5.91 Å². The largest absolute Gasteiger partial charge is 0.352 e. The summed E-state index contributed by atoms with van der Waals surface area (Å²) in [4.78, 5) is 17.1. The number of nitrogens with zero attached hydrogens (tertiary/aromatic N) is 2. The van der Waals surface area contributed by atoms with Crippen molar-refractivity contribution in [2.45, 2.75) is 25.9 Å². The molecule has 4 nitrogen and oxygen atoms in total. The van der Waals surface area contributed by atoms with E-state index in [4.69, 9.17) is 0 Å². The monoisotopic (exact) mass is 429 g/mol. The fraction of sp³-hybridized carbons (Fsp3) is 0.409. The van der Waals surface area contributed by atoms with E-state index in [-0.39, 0.29) is 5.91 Å². The summed E-state index contributed by atoms with van der Waals surface area (Å²) in [6.45, 7) is 6.07. The van der Waals surface area contributed by atoms with Crippen LogP contribution < -0.4 is 5.32 Å². The van der Waals surface area contributed by atoms with Crippen molar-refractivity contribution in [1.82, 2.24) is 15.1 Å². The van der Waals surface area contributed by atoms with E-state index < -0.39 is 0 Å². The van der Waals surface area contributed by atoms with E-state index in [1.165, 1.54) is 11.1 Å². The van der Waals surface area contributed by atoms with Crippen LogP contribution in [-0.4, -0.2) is 48.9 Å². The van der Waals surface area contributed by atoms with E-state index in [0.717, 1.165) is 49.2 Å². The molecule has 0 radical (unpaired) electrons. The molecule has 0 atom stereocenters. The minimum Gasteiger partial charge on any atom is -0.352 e. The van der Waals surface area contributed by atoms with Gasteiger partial charge in [0.25, 0.3) is 0 Å². The summed E-state index contributed by atoms with van der Waals surface area (Å²) in [5, 5.41) is 3.05. The molecule has 1 amide bonds. The zero-order valence-electron chi connectivity index (χ0n) is 16.0. The van der Waals surface area contributed by atoms with Gasteiger partial charge in [0.1, 0.15) is 0 Å². The van der Waals surface area contributed by atoms with Crippen molar-refractivity contribution in [2.24, 2.45) is 0 Å². The third kappa shape index (κ3) is 6.45. The summed E-state index contributed by atoms with van der Waals surface area (Å²) < 4.78 is 1.06. The average molecular weight is 430 g/mol. The number of benzene rings is 2. The van der Waals surface area contributed by atoms with Crippen molar-refractivity contribution >= 4 is 21.8 Å². The lowest BCUT2D eigenvalue weighted by molar-refractivity contribution is -0.121. The van der Waals surface area contributed by atoms with E-state index in [9.17, 15) is 4.79 Å². The molecule has 27 heavy (non-hydrogen) atoms. The Bertz CT molecular complexity index is 757. The minimum atomic E-state index is 0.0928. The Labute approximate surface area is 170 Å². The van der Waals surface area contributed by atoms with Crippen LogP contribution in [0.1, 0.15) is 23.1 Å². The van der Waals surface area contributed by atoms with Crippen molar-refractivity contribution in [3.05, 3.63) is 69.7 Å². The molecular formula is C22H28BrN3O. The van der Waals surface area contributed by atoms with Gasteiger partial charge in [-0.2, -0.15) is 0 Å². The maximum absolute atomic E-state index is 12.2. The lowest BCUT2D eigenvalue weighted by Gasteiger charge is -2.32. The number of halogens is 1. The maximum atomic E-state index is 12.2. The maximum Gasteiger partial charge on any atom is 0.220 e. The van der Waals surface area contributed by atoms with Crippen molar-refractivity contribution < 1.29 is 4.79 Å². The molecule has 0 saturated carbocycles. The molecule has 0 spiro atoms. The first-order valence-electron chi connectivity index (χ1n) is 9.59. The van der Waals surface area contributed by atoms with Crippen LogP contribution in [-0.2, 0) is 24.3 Å². The molecule has 1 fully saturated rings. The third-order valence-electron chi connectivity index (χ3n) is 5.06. The highest BCUT2D eigenvalue weighted by atomic mass is 79.9. The molecule has 0 aliphatic carbocycles. The number of piperazine rings is 1. The molecule has 2 aromatic rings. The highest BCUT2D eigenvalue weighted by molar-refractivity contribution is 9.10. The Morgan fingerprint density at radius 3 is 2.56 bits per heavy atom. The van der Waals surface area contributed by atoms with Gasteiger partial charge in [0, 0.05) is 50.2 Å². The molecule has 1 aliphatic rings. The third-order valence-corrected chi connectivity index (χ3v) is 5.84. The van der Waals surface area contributed by atoms with Gasteiger partial charge in [-0.25, -0.2) is 0 Å². The Balaban J connectivity index is 1.45. The van der Waals surface area contributed by atoms with Crippen LogP contribution in [0.5, 0.6) is 0 Å². The molecule has 1 saturated heterocycles. The lowest BCUT2D eigenvalue weighted by atomic mass is 10.1. The Hall–Kier alpha value is -1.69. The molecule has 2 aromatic carbocycles. The SMILES string of the molecule is CN1CCN(Cc2cccc(CNC(=O)CCc3ccccc3Br)c2)CC1. The molecule has 1 heterocycles. The Morgan fingerprint density at radius 1 is 1.04 bits per heavy atom. The van der Waals surface area contributed by atoms with Crippen LogP contribution in [0.2, 0.25) is 0 Å². The van der Waals surface area contributed by atoms with Crippen LogP contribution in [0.4, 0.5) is 0 Å². The molecule has 3 rings (SSSR count). The summed E-state index contributed by atoms with van der Waals surface area (Å²) in [6, 6.07) is 16.6. The second kappa shape index (κ2) is 10.0. The second-order valence-electron chi connectivity index (χ2n) is 7.27. The zero-order chi connectivity index (χ0) is 19.1. The van der Waals surface area contributed by atoms with Crippen molar-refractivity contribution in [2.75, 3.05) is 33.2 Å². The van der Waals surface area contributed by atoms with Gasteiger partial charge in [0.15, 0.2) is 0 Å². The van der Waals surface area contributed by atoms with E-state index in [0.29, 0.717) is 13.0 Å². The van der Waals surface area contributed by atoms with Crippen LogP contribution in [0.25, 0.3) is 0 Å². The molecular weight excluding hydrogens is 402 g/mol. The number of hydrogen-bond acceptors (Lipinski definition) is 3. The first kappa shape index (κ1) is 20.1. The van der Waals surface area contributed by atoms with Gasteiger partial charge in [-0.05, 0) is 36.2 Å². The standard InChI is InChI=1S/C22H28BrN3O/c1-25-11-13-26(14-12-25)17-19-6-4-5-18(15-19)16-24-22(27)10-9-20-7-2-3-8-21(20)23/h2-8,15H,9-14,16-17H2,1H3,(H,24,27). The quantitative estimate of drug-likeness (QED) is 0.731. The number of amides is 1. The molecule has 0 aromatic heterocycles. The normalized spacial score (nSPS) is 15.6. The zero-order valence-corrected chi connectivity index (χ0v) is 17.5. The number of hydrogen-bond donors (Lipinski definition) is 1. The Morgan fingerprint density at radius 2 is 1.78 bits per heavy atom. The van der Waals surface area contributed by atoms with E-state index in [1.54, 1.807) is 0 Å². The molecule has 0 unspecified atom stereocenters. The number of rotatable bonds is 7. The van der Waals surface area contributed by atoms with E-state index in [2.05, 4.69) is 68.4 Å². The summed E-state index contributed by atoms with van der Waals surface area (Å²) in [5.74, 6) is 0.0928. The first-order chi connectivity index (χ1) is 13.1. The minimum absolute atomic E-state index is 0.0928. The highest BCUT2D eigenvalue weighted by Crippen LogP contribution is 2.17. The average Bonchev–Trinajstić information content (AvgIpc) is 2.68. The summed E-state index contributed by atoms with van der Waals surface area (Å²) in [7, 11) is 2.18. The molecule has 144 valence electrons. The number of nitrogens with one attached hydrogen (secondary N) is 1. The van der Waals surface area contributed by atoms with Crippen LogP contribution in [0.15, 0.2) is 53.0 Å². The van der Waals surface area contributed by atoms with Gasteiger partial charge in [-0.1, -0.05) is 58.4 Å². The van der Waals surface area contributed by atoms with Crippen molar-refractivity contribution in [1.29, 1.82) is 0 Å². The fourth-order valence-electron chi connectivity index (χ4n) is 3.34. The van der Waals surface area contributed by atoms with Gasteiger partial charge in [0.05, 0.1) is 0 Å². The predicted molar refractivity (Wildman–Crippen MR) is 114 cm³/mol. The highest BCUT2D eigenvalue weighted by Gasteiger charge is 2.14. The smallest absolute Gasteiger partial charge is 0.220 e. The molecule has 5 heteroatoms. The molecule has 1 N–H and O–H groups in total. The van der Waals surface area contributed by atoms with Gasteiger partial charge >= 0.3 is 0 Å². The lowest BCUT2D eigenvalue weighted by Crippen LogP contribution is -2.43. The number of aryl methyl sites for hydroxylation is 1. The summed E-state index contributed by atoms with van der Waals surface area (Å²) in [6.07, 6.45) is 1.25. The summed E-state index contributed by atoms with van der Waals surface area (Å²) >= 11 is 3.54. The number of carbonyl (C=O) groups excluding carboxylic acids is 1. The topological polar surface area (TPSA) is 35.6 Å². The second-order valence-corrected chi connectivity index (χ2v) is 8.12. The fourth-order valence-corrected chi connectivity index (χ4v) is 3.82. The van der Waals surface area contributed by atoms with Gasteiger partial charge in [-0.3, -0.25) is 9.69 Å². The van der Waals surface area contributed by atoms with Gasteiger partial charge in [-0.15, -0.1) is 0 Å². The molecule has 0 bridgehead atoms. The first-order valence-corrected chi connectivity index (χ1v) is 10.4. The van der Waals surface area contributed by atoms with E-state index >= 15 is 0 Å². The van der Waals surface area contributed by atoms with Gasteiger partial charge < -0.3 is 10.2 Å². The number of carbonyl (C=O) groups is 1. The Kier molecular flexibility index (Phi) is 7.44. The van der Waals surface area contributed by atoms with E-state index in [1.807, 2.05) is 18.2 Å². The predicted octanol–water partition coefficient (Wildman–Crippen LogP) is 3.45. The van der Waals surface area contributed by atoms with Crippen LogP contribution >= 0.6 is 15.9 Å². The molecule has 1 aliphatic heterocycles. The van der Waals surface area contributed by atoms with Crippen LogP contribution in [0, 0.1) is 0 Å².